The van der Waals surface area contributed by atoms with E-state index in [1.165, 1.54) is 0 Å². The molecule has 24 heavy (non-hydrogen) atoms. The van der Waals surface area contributed by atoms with Crippen LogP contribution in [0.4, 0.5) is 11.5 Å². The van der Waals surface area contributed by atoms with Gasteiger partial charge in [0, 0.05) is 31.0 Å². The van der Waals surface area contributed by atoms with Gasteiger partial charge in [0.15, 0.2) is 11.5 Å². The Labute approximate surface area is 141 Å². The van der Waals surface area contributed by atoms with Crippen molar-refractivity contribution < 1.29 is 14.3 Å². The van der Waals surface area contributed by atoms with Crippen LogP contribution in [-0.4, -0.2) is 38.2 Å². The molecule has 1 fully saturated rings. The van der Waals surface area contributed by atoms with Crippen molar-refractivity contribution in [3.63, 3.8) is 0 Å². The zero-order valence-corrected chi connectivity index (χ0v) is 13.9. The number of amides is 1. The van der Waals surface area contributed by atoms with Gasteiger partial charge >= 0.3 is 0 Å². The predicted octanol–water partition coefficient (Wildman–Crippen LogP) is 2.95. The molecular weight excluding hydrogens is 306 g/mol. The van der Waals surface area contributed by atoms with Crippen LogP contribution in [-0.2, 0) is 0 Å². The lowest BCUT2D eigenvalue weighted by Crippen LogP contribution is -2.24. The molecule has 1 amide bonds. The number of carbonyl (C=O) groups excluding carboxylic acids is 1. The van der Waals surface area contributed by atoms with Crippen molar-refractivity contribution in [3.05, 3.63) is 42.1 Å². The highest BCUT2D eigenvalue weighted by Gasteiger charge is 2.20. The van der Waals surface area contributed by atoms with Gasteiger partial charge in [0.05, 0.1) is 19.8 Å². The summed E-state index contributed by atoms with van der Waals surface area (Å²) in [4.78, 5) is 19.3. The summed E-state index contributed by atoms with van der Waals surface area (Å²) in [7, 11) is 3.14. The predicted molar refractivity (Wildman–Crippen MR) is 93.2 cm³/mol. The summed E-state index contributed by atoms with van der Waals surface area (Å²) >= 11 is 0. The molecule has 0 unspecified atom stereocenters. The Hall–Kier alpha value is -2.76. The molecule has 6 nitrogen and oxygen atoms in total. The third kappa shape index (κ3) is 3.27. The van der Waals surface area contributed by atoms with E-state index >= 15 is 0 Å². The maximum atomic E-state index is 12.7. The van der Waals surface area contributed by atoms with Crippen molar-refractivity contribution in [2.45, 2.75) is 12.8 Å². The number of nitrogens with zero attached hydrogens (tertiary/aromatic N) is 2. The number of carbonyl (C=O) groups is 1. The third-order valence-corrected chi connectivity index (χ3v) is 4.08. The quantitative estimate of drug-likeness (QED) is 0.915. The van der Waals surface area contributed by atoms with Gasteiger partial charge in [-0.15, -0.1) is 0 Å². The first kappa shape index (κ1) is 16.1. The molecule has 0 aliphatic carbocycles. The molecule has 126 valence electrons. The molecule has 1 aliphatic rings. The zero-order chi connectivity index (χ0) is 16.9. The Bertz CT molecular complexity index is 727. The summed E-state index contributed by atoms with van der Waals surface area (Å²) < 4.78 is 10.5. The van der Waals surface area contributed by atoms with Crippen LogP contribution >= 0.6 is 0 Å². The standard InChI is InChI=1S/C18H21N3O3/c1-23-15-8-7-13(12-16(15)24-2)20-18(22)14-6-5-9-19-17(14)21-10-3-4-11-21/h5-9,12H,3-4,10-11H2,1-2H3,(H,20,22). The lowest BCUT2D eigenvalue weighted by molar-refractivity contribution is 0.102. The Morgan fingerprint density at radius 2 is 1.88 bits per heavy atom. The molecule has 1 aromatic heterocycles. The Morgan fingerprint density at radius 3 is 2.58 bits per heavy atom. The number of nitrogens with one attached hydrogen (secondary N) is 1. The lowest BCUT2D eigenvalue weighted by Gasteiger charge is -2.19. The van der Waals surface area contributed by atoms with Crippen LogP contribution in [0.25, 0.3) is 0 Å². The number of benzene rings is 1. The summed E-state index contributed by atoms with van der Waals surface area (Å²) in [5.41, 5.74) is 1.23. The number of aromatic nitrogens is 1. The molecule has 0 radical (unpaired) electrons. The van der Waals surface area contributed by atoms with E-state index in [1.807, 2.05) is 0 Å². The van der Waals surface area contributed by atoms with Crippen LogP contribution in [0.5, 0.6) is 11.5 Å². The molecule has 0 atom stereocenters. The molecule has 0 bridgehead atoms. The van der Waals surface area contributed by atoms with Gasteiger partial charge in [-0.1, -0.05) is 0 Å². The molecule has 0 saturated carbocycles. The fraction of sp³-hybridized carbons (Fsp3) is 0.333. The molecule has 3 rings (SSSR count). The monoisotopic (exact) mass is 327 g/mol. The van der Waals surface area contributed by atoms with E-state index in [-0.39, 0.29) is 5.91 Å². The molecule has 1 saturated heterocycles. The first-order valence-electron chi connectivity index (χ1n) is 7.96. The van der Waals surface area contributed by atoms with Gasteiger partial charge in [0.2, 0.25) is 0 Å². The molecule has 0 spiro atoms. The normalized spacial score (nSPS) is 13.7. The lowest BCUT2D eigenvalue weighted by atomic mass is 10.2. The Balaban J connectivity index is 1.83. The topological polar surface area (TPSA) is 63.7 Å². The second-order valence-electron chi connectivity index (χ2n) is 5.59. The third-order valence-electron chi connectivity index (χ3n) is 4.08. The highest BCUT2D eigenvalue weighted by Crippen LogP contribution is 2.30. The van der Waals surface area contributed by atoms with Crippen molar-refractivity contribution in [1.29, 1.82) is 0 Å². The number of pyridine rings is 1. The van der Waals surface area contributed by atoms with Crippen LogP contribution in [0.3, 0.4) is 0 Å². The van der Waals surface area contributed by atoms with Crippen LogP contribution in [0.2, 0.25) is 0 Å². The average Bonchev–Trinajstić information content (AvgIpc) is 3.16. The van der Waals surface area contributed by atoms with E-state index in [2.05, 4.69) is 15.2 Å². The molecule has 2 aromatic rings. The fourth-order valence-electron chi connectivity index (χ4n) is 2.87. The zero-order valence-electron chi connectivity index (χ0n) is 13.9. The van der Waals surface area contributed by atoms with Crippen molar-refractivity contribution in [1.82, 2.24) is 4.98 Å². The number of methoxy groups -OCH3 is 2. The average molecular weight is 327 g/mol. The molecule has 1 aliphatic heterocycles. The van der Waals surface area contributed by atoms with E-state index in [4.69, 9.17) is 9.47 Å². The van der Waals surface area contributed by atoms with E-state index in [0.29, 0.717) is 22.7 Å². The number of hydrogen-bond donors (Lipinski definition) is 1. The minimum Gasteiger partial charge on any atom is -0.493 e. The number of rotatable bonds is 5. The van der Waals surface area contributed by atoms with Gasteiger partial charge in [0.1, 0.15) is 5.82 Å². The van der Waals surface area contributed by atoms with Crippen molar-refractivity contribution >= 4 is 17.4 Å². The Morgan fingerprint density at radius 1 is 1.12 bits per heavy atom. The maximum absolute atomic E-state index is 12.7. The first-order chi connectivity index (χ1) is 11.7. The Kier molecular flexibility index (Phi) is 4.84. The van der Waals surface area contributed by atoms with Gasteiger partial charge < -0.3 is 19.7 Å². The minimum absolute atomic E-state index is 0.183. The van der Waals surface area contributed by atoms with Crippen molar-refractivity contribution in [2.75, 3.05) is 37.5 Å². The number of ether oxygens (including phenoxy) is 2. The second kappa shape index (κ2) is 7.21. The number of hydrogen-bond acceptors (Lipinski definition) is 5. The highest BCUT2D eigenvalue weighted by molar-refractivity contribution is 6.07. The number of anilines is 2. The van der Waals surface area contributed by atoms with Gasteiger partial charge in [-0.2, -0.15) is 0 Å². The van der Waals surface area contributed by atoms with E-state index in [9.17, 15) is 4.79 Å². The first-order valence-corrected chi connectivity index (χ1v) is 7.96. The van der Waals surface area contributed by atoms with Gasteiger partial charge in [0.25, 0.3) is 5.91 Å². The van der Waals surface area contributed by atoms with Gasteiger partial charge in [-0.3, -0.25) is 4.79 Å². The molecule has 1 aromatic carbocycles. The summed E-state index contributed by atoms with van der Waals surface area (Å²) in [6, 6.07) is 8.87. The van der Waals surface area contributed by atoms with Gasteiger partial charge in [-0.05, 0) is 37.1 Å². The largest absolute Gasteiger partial charge is 0.493 e. The molecule has 2 heterocycles. The van der Waals surface area contributed by atoms with Crippen LogP contribution in [0, 0.1) is 0 Å². The SMILES string of the molecule is COc1ccc(NC(=O)c2cccnc2N2CCCC2)cc1OC. The van der Waals surface area contributed by atoms with Crippen LogP contribution < -0.4 is 19.7 Å². The fourth-order valence-corrected chi connectivity index (χ4v) is 2.87. The van der Waals surface area contributed by atoms with Crippen LogP contribution in [0.15, 0.2) is 36.5 Å². The highest BCUT2D eigenvalue weighted by atomic mass is 16.5. The van der Waals surface area contributed by atoms with E-state index < -0.39 is 0 Å². The summed E-state index contributed by atoms with van der Waals surface area (Å²) in [6.07, 6.45) is 3.99. The van der Waals surface area contributed by atoms with Gasteiger partial charge in [-0.25, -0.2) is 4.98 Å². The minimum atomic E-state index is -0.183. The summed E-state index contributed by atoms with van der Waals surface area (Å²) in [6.45, 7) is 1.88. The van der Waals surface area contributed by atoms with Crippen molar-refractivity contribution in [2.24, 2.45) is 0 Å². The maximum Gasteiger partial charge on any atom is 0.259 e. The summed E-state index contributed by atoms with van der Waals surface area (Å²) in [5.74, 6) is 1.75. The second-order valence-corrected chi connectivity index (χ2v) is 5.59. The molecular formula is C18H21N3O3. The molecule has 1 N–H and O–H groups in total. The molecule has 6 heteroatoms. The van der Waals surface area contributed by atoms with E-state index in [1.54, 1.807) is 50.7 Å². The van der Waals surface area contributed by atoms with Crippen molar-refractivity contribution in [3.8, 4) is 11.5 Å². The smallest absolute Gasteiger partial charge is 0.259 e. The van der Waals surface area contributed by atoms with E-state index in [0.717, 1.165) is 31.7 Å². The van der Waals surface area contributed by atoms with Crippen LogP contribution in [0.1, 0.15) is 23.2 Å². The summed E-state index contributed by atoms with van der Waals surface area (Å²) in [5, 5.41) is 2.91.